The van der Waals surface area contributed by atoms with Crippen LogP contribution in [0.25, 0.3) is 10.8 Å². The van der Waals surface area contributed by atoms with Gasteiger partial charge in [-0.15, -0.1) is 5.10 Å². The van der Waals surface area contributed by atoms with Crippen LogP contribution in [0.2, 0.25) is 0 Å². The molecule has 0 radical (unpaired) electrons. The average Bonchev–Trinajstić information content (AvgIpc) is 2.60. The lowest BCUT2D eigenvalue weighted by molar-refractivity contribution is -0.123. The van der Waals surface area contributed by atoms with E-state index in [4.69, 9.17) is 4.74 Å². The standard InChI is InChI=1S/C18H16FN3O2/c1-12(13-6-8-15(19)9-7-13)21-17(23)11-24-18-16-5-3-2-4-14(16)10-20-22-18/h2-10,12H,11H2,1H3,(H,21,23). The van der Waals surface area contributed by atoms with Crippen LogP contribution in [-0.2, 0) is 4.79 Å². The second kappa shape index (κ2) is 7.04. The third-order valence-electron chi connectivity index (χ3n) is 3.62. The third-order valence-corrected chi connectivity index (χ3v) is 3.62. The van der Waals surface area contributed by atoms with E-state index in [1.807, 2.05) is 31.2 Å². The molecule has 3 rings (SSSR count). The van der Waals surface area contributed by atoms with Crippen molar-refractivity contribution in [2.75, 3.05) is 6.61 Å². The molecule has 2 aromatic carbocycles. The zero-order valence-corrected chi connectivity index (χ0v) is 13.1. The van der Waals surface area contributed by atoms with E-state index in [1.165, 1.54) is 12.1 Å². The molecule has 0 aliphatic rings. The Labute approximate surface area is 138 Å². The number of amides is 1. The van der Waals surface area contributed by atoms with Crippen LogP contribution in [0.5, 0.6) is 5.88 Å². The number of fused-ring (bicyclic) bond motifs is 1. The molecule has 1 N–H and O–H groups in total. The normalized spacial score (nSPS) is 11.9. The first-order chi connectivity index (χ1) is 11.6. The molecule has 1 atom stereocenters. The van der Waals surface area contributed by atoms with E-state index < -0.39 is 0 Å². The van der Waals surface area contributed by atoms with Gasteiger partial charge in [-0.1, -0.05) is 30.3 Å². The molecule has 0 aliphatic carbocycles. The fraction of sp³-hybridized carbons (Fsp3) is 0.167. The van der Waals surface area contributed by atoms with Gasteiger partial charge in [-0.05, 0) is 30.7 Å². The lowest BCUT2D eigenvalue weighted by atomic mass is 10.1. The summed E-state index contributed by atoms with van der Waals surface area (Å²) in [5, 5.41) is 12.3. The van der Waals surface area contributed by atoms with Gasteiger partial charge < -0.3 is 10.1 Å². The predicted molar refractivity (Wildman–Crippen MR) is 88.0 cm³/mol. The largest absolute Gasteiger partial charge is 0.466 e. The first-order valence-electron chi connectivity index (χ1n) is 7.51. The summed E-state index contributed by atoms with van der Waals surface area (Å²) in [6, 6.07) is 13.3. The highest BCUT2D eigenvalue weighted by atomic mass is 19.1. The Balaban J connectivity index is 1.62. The smallest absolute Gasteiger partial charge is 0.258 e. The summed E-state index contributed by atoms with van der Waals surface area (Å²) in [7, 11) is 0. The molecule has 1 amide bonds. The Kier molecular flexibility index (Phi) is 4.65. The number of ether oxygens (including phenoxy) is 1. The minimum Gasteiger partial charge on any atom is -0.466 e. The van der Waals surface area contributed by atoms with E-state index in [1.54, 1.807) is 18.3 Å². The highest BCUT2D eigenvalue weighted by molar-refractivity contribution is 5.86. The molecule has 1 heterocycles. The van der Waals surface area contributed by atoms with Crippen LogP contribution in [-0.4, -0.2) is 22.7 Å². The second-order valence-corrected chi connectivity index (χ2v) is 5.37. The minimum atomic E-state index is -0.310. The van der Waals surface area contributed by atoms with E-state index in [-0.39, 0.29) is 24.4 Å². The molecule has 1 aromatic heterocycles. The summed E-state index contributed by atoms with van der Waals surface area (Å²) in [6.45, 7) is 1.65. The van der Waals surface area contributed by atoms with Crippen molar-refractivity contribution >= 4 is 16.7 Å². The Bertz CT molecular complexity index is 847. The summed E-state index contributed by atoms with van der Waals surface area (Å²) in [5.74, 6) is -0.283. The number of aromatic nitrogens is 2. The number of benzene rings is 2. The molecule has 24 heavy (non-hydrogen) atoms. The van der Waals surface area contributed by atoms with E-state index in [0.29, 0.717) is 5.88 Å². The Morgan fingerprint density at radius 1 is 1.21 bits per heavy atom. The summed E-state index contributed by atoms with van der Waals surface area (Å²) >= 11 is 0. The first kappa shape index (κ1) is 15.9. The molecule has 0 saturated heterocycles. The number of nitrogens with one attached hydrogen (secondary N) is 1. The van der Waals surface area contributed by atoms with Crippen molar-refractivity contribution in [3.05, 3.63) is 66.1 Å². The zero-order chi connectivity index (χ0) is 16.9. The molecule has 0 fully saturated rings. The predicted octanol–water partition coefficient (Wildman–Crippen LogP) is 3.03. The quantitative estimate of drug-likeness (QED) is 0.783. The van der Waals surface area contributed by atoms with Crippen LogP contribution in [0.3, 0.4) is 0 Å². The van der Waals surface area contributed by atoms with Crippen molar-refractivity contribution in [2.24, 2.45) is 0 Å². The van der Waals surface area contributed by atoms with E-state index in [0.717, 1.165) is 16.3 Å². The average molecular weight is 325 g/mol. The van der Waals surface area contributed by atoms with E-state index >= 15 is 0 Å². The fourth-order valence-electron chi connectivity index (χ4n) is 2.36. The first-order valence-corrected chi connectivity index (χ1v) is 7.51. The van der Waals surface area contributed by atoms with Crippen molar-refractivity contribution in [1.82, 2.24) is 15.5 Å². The van der Waals surface area contributed by atoms with Gasteiger partial charge in [-0.25, -0.2) is 4.39 Å². The number of hydrogen-bond acceptors (Lipinski definition) is 4. The van der Waals surface area contributed by atoms with Crippen LogP contribution in [0.1, 0.15) is 18.5 Å². The van der Waals surface area contributed by atoms with Gasteiger partial charge in [0.25, 0.3) is 5.91 Å². The summed E-state index contributed by atoms with van der Waals surface area (Å²) in [4.78, 5) is 12.0. The molecule has 3 aromatic rings. The molecule has 5 nitrogen and oxygen atoms in total. The van der Waals surface area contributed by atoms with Gasteiger partial charge in [0, 0.05) is 10.8 Å². The van der Waals surface area contributed by atoms with Crippen LogP contribution in [0.4, 0.5) is 4.39 Å². The number of carbonyl (C=O) groups excluding carboxylic acids is 1. The monoisotopic (exact) mass is 325 g/mol. The number of hydrogen-bond donors (Lipinski definition) is 1. The zero-order valence-electron chi connectivity index (χ0n) is 13.1. The maximum absolute atomic E-state index is 12.9. The summed E-state index contributed by atoms with van der Waals surface area (Å²) in [5.41, 5.74) is 0.815. The van der Waals surface area contributed by atoms with Gasteiger partial charge in [0.05, 0.1) is 12.2 Å². The molecule has 0 spiro atoms. The number of rotatable bonds is 5. The molecule has 122 valence electrons. The molecule has 0 aliphatic heterocycles. The van der Waals surface area contributed by atoms with Crippen LogP contribution >= 0.6 is 0 Å². The Morgan fingerprint density at radius 2 is 1.96 bits per heavy atom. The van der Waals surface area contributed by atoms with Crippen molar-refractivity contribution in [3.8, 4) is 5.88 Å². The van der Waals surface area contributed by atoms with Gasteiger partial charge in [0.2, 0.25) is 5.88 Å². The molecular weight excluding hydrogens is 309 g/mol. The highest BCUT2D eigenvalue weighted by Gasteiger charge is 2.12. The van der Waals surface area contributed by atoms with E-state index in [9.17, 15) is 9.18 Å². The lowest BCUT2D eigenvalue weighted by Gasteiger charge is -2.14. The highest BCUT2D eigenvalue weighted by Crippen LogP contribution is 2.21. The van der Waals surface area contributed by atoms with Gasteiger partial charge in [-0.2, -0.15) is 5.10 Å². The van der Waals surface area contributed by atoms with Crippen molar-refractivity contribution in [1.29, 1.82) is 0 Å². The van der Waals surface area contributed by atoms with Crippen molar-refractivity contribution in [3.63, 3.8) is 0 Å². The fourth-order valence-corrected chi connectivity index (χ4v) is 2.36. The maximum atomic E-state index is 12.9. The van der Waals surface area contributed by atoms with Gasteiger partial charge in [0.15, 0.2) is 6.61 Å². The van der Waals surface area contributed by atoms with Gasteiger partial charge >= 0.3 is 0 Å². The number of carbonyl (C=O) groups is 1. The Hall–Kier alpha value is -3.02. The SMILES string of the molecule is CC(NC(=O)COc1nncc2ccccc12)c1ccc(F)cc1. The lowest BCUT2D eigenvalue weighted by Crippen LogP contribution is -2.31. The molecule has 1 unspecified atom stereocenters. The molecule has 0 bridgehead atoms. The Morgan fingerprint density at radius 3 is 2.75 bits per heavy atom. The molecule has 0 saturated carbocycles. The topological polar surface area (TPSA) is 64.1 Å². The van der Waals surface area contributed by atoms with Crippen molar-refractivity contribution < 1.29 is 13.9 Å². The van der Waals surface area contributed by atoms with Gasteiger partial charge in [0.1, 0.15) is 5.82 Å². The number of halogens is 1. The summed E-state index contributed by atoms with van der Waals surface area (Å²) < 4.78 is 18.4. The van der Waals surface area contributed by atoms with Gasteiger partial charge in [-0.3, -0.25) is 4.79 Å². The van der Waals surface area contributed by atoms with Crippen LogP contribution in [0.15, 0.2) is 54.7 Å². The van der Waals surface area contributed by atoms with Crippen LogP contribution < -0.4 is 10.1 Å². The van der Waals surface area contributed by atoms with Crippen LogP contribution in [0, 0.1) is 5.82 Å². The van der Waals surface area contributed by atoms with Crippen molar-refractivity contribution in [2.45, 2.75) is 13.0 Å². The maximum Gasteiger partial charge on any atom is 0.258 e. The molecular formula is C18H16FN3O2. The minimum absolute atomic E-state index is 0.172. The third kappa shape index (κ3) is 3.65. The van der Waals surface area contributed by atoms with E-state index in [2.05, 4.69) is 15.5 Å². The number of nitrogens with zero attached hydrogens (tertiary/aromatic N) is 2. The molecule has 6 heteroatoms. The summed E-state index contributed by atoms with van der Waals surface area (Å²) in [6.07, 6.45) is 1.64. The second-order valence-electron chi connectivity index (χ2n) is 5.37.